The molecule has 3 heteroatoms. The highest BCUT2D eigenvalue weighted by Gasteiger charge is 2.17. The first-order valence-electron chi connectivity index (χ1n) is 5.28. The Bertz CT molecular complexity index is 381. The molecule has 0 aliphatic carbocycles. The van der Waals surface area contributed by atoms with E-state index in [1.165, 1.54) is 18.4 Å². The summed E-state index contributed by atoms with van der Waals surface area (Å²) in [7, 11) is 0. The topological polar surface area (TPSA) is 27.1 Å². The monoisotopic (exact) mass is 266 g/mol. The molecular formula is C12H15BrN2. The van der Waals surface area contributed by atoms with Gasteiger partial charge in [-0.3, -0.25) is 5.41 Å². The Balaban J connectivity index is 2.24. The second kappa shape index (κ2) is 4.35. The highest BCUT2D eigenvalue weighted by atomic mass is 79.9. The molecule has 0 aromatic heterocycles. The summed E-state index contributed by atoms with van der Waals surface area (Å²) in [5, 5.41) is 8.15. The van der Waals surface area contributed by atoms with Crippen LogP contribution in [0.2, 0.25) is 0 Å². The van der Waals surface area contributed by atoms with E-state index in [2.05, 4.69) is 33.8 Å². The van der Waals surface area contributed by atoms with Gasteiger partial charge in [-0.1, -0.05) is 15.9 Å². The van der Waals surface area contributed by atoms with Crippen LogP contribution in [0.5, 0.6) is 0 Å². The maximum Gasteiger partial charge on any atom is 0.128 e. The molecule has 1 saturated heterocycles. The number of benzene rings is 1. The smallest absolute Gasteiger partial charge is 0.128 e. The number of amidine groups is 1. The number of likely N-dealkylation sites (tertiary alicyclic amines) is 1. The molecule has 1 aliphatic heterocycles. The van der Waals surface area contributed by atoms with Gasteiger partial charge >= 0.3 is 0 Å². The summed E-state index contributed by atoms with van der Waals surface area (Å²) in [5.41, 5.74) is 2.22. The lowest BCUT2D eigenvalue weighted by Crippen LogP contribution is -2.28. The van der Waals surface area contributed by atoms with Gasteiger partial charge in [-0.15, -0.1) is 0 Å². The third-order valence-electron chi connectivity index (χ3n) is 2.87. The largest absolute Gasteiger partial charge is 0.357 e. The molecule has 0 atom stereocenters. The summed E-state index contributed by atoms with van der Waals surface area (Å²) in [5.74, 6) is 0.678. The molecule has 0 amide bonds. The van der Waals surface area contributed by atoms with Crippen molar-refractivity contribution in [3.8, 4) is 0 Å². The molecule has 1 aromatic rings. The van der Waals surface area contributed by atoms with E-state index in [0.29, 0.717) is 5.84 Å². The molecule has 0 unspecified atom stereocenters. The van der Waals surface area contributed by atoms with E-state index in [4.69, 9.17) is 5.41 Å². The highest BCUT2D eigenvalue weighted by molar-refractivity contribution is 9.10. The lowest BCUT2D eigenvalue weighted by Gasteiger charge is -2.19. The van der Waals surface area contributed by atoms with Crippen LogP contribution in [0.15, 0.2) is 22.7 Å². The van der Waals surface area contributed by atoms with E-state index in [0.717, 1.165) is 23.1 Å². The Labute approximate surface area is 98.9 Å². The van der Waals surface area contributed by atoms with Crippen molar-refractivity contribution >= 4 is 21.8 Å². The Morgan fingerprint density at radius 2 is 2.00 bits per heavy atom. The lowest BCUT2D eigenvalue weighted by molar-refractivity contribution is 0.517. The number of aryl methyl sites for hydroxylation is 1. The third-order valence-corrected chi connectivity index (χ3v) is 3.36. The minimum Gasteiger partial charge on any atom is -0.357 e. The Morgan fingerprint density at radius 1 is 1.33 bits per heavy atom. The van der Waals surface area contributed by atoms with Gasteiger partial charge < -0.3 is 4.90 Å². The van der Waals surface area contributed by atoms with E-state index in [9.17, 15) is 0 Å². The van der Waals surface area contributed by atoms with Crippen molar-refractivity contribution in [1.82, 2.24) is 4.90 Å². The molecular weight excluding hydrogens is 252 g/mol. The van der Waals surface area contributed by atoms with Gasteiger partial charge in [0.1, 0.15) is 5.84 Å². The van der Waals surface area contributed by atoms with Crippen LogP contribution in [0.25, 0.3) is 0 Å². The Hall–Kier alpha value is -0.830. The van der Waals surface area contributed by atoms with Crippen molar-refractivity contribution in [3.05, 3.63) is 33.8 Å². The fourth-order valence-electron chi connectivity index (χ4n) is 2.00. The van der Waals surface area contributed by atoms with E-state index in [1.54, 1.807) is 0 Å². The fourth-order valence-corrected chi connectivity index (χ4v) is 2.48. The molecule has 0 bridgehead atoms. The molecule has 1 heterocycles. The molecule has 0 radical (unpaired) electrons. The summed E-state index contributed by atoms with van der Waals surface area (Å²) in [6, 6.07) is 6.10. The summed E-state index contributed by atoms with van der Waals surface area (Å²) in [4.78, 5) is 2.16. The number of hydrogen-bond acceptors (Lipinski definition) is 1. The SMILES string of the molecule is Cc1cc(Br)ccc1C(=N)N1CCCC1. The molecule has 1 aliphatic rings. The van der Waals surface area contributed by atoms with Crippen LogP contribution < -0.4 is 0 Å². The van der Waals surface area contributed by atoms with Crippen LogP contribution >= 0.6 is 15.9 Å². The van der Waals surface area contributed by atoms with Crippen molar-refractivity contribution in [3.63, 3.8) is 0 Å². The highest BCUT2D eigenvalue weighted by Crippen LogP contribution is 2.19. The number of nitrogens with one attached hydrogen (secondary N) is 1. The number of nitrogens with zero attached hydrogens (tertiary/aromatic N) is 1. The molecule has 0 saturated carbocycles. The van der Waals surface area contributed by atoms with Gasteiger partial charge in [0.25, 0.3) is 0 Å². The van der Waals surface area contributed by atoms with Gasteiger partial charge in [0.2, 0.25) is 0 Å². The number of hydrogen-bond donors (Lipinski definition) is 1. The molecule has 1 fully saturated rings. The number of rotatable bonds is 1. The minimum atomic E-state index is 0.678. The summed E-state index contributed by atoms with van der Waals surface area (Å²) < 4.78 is 1.08. The van der Waals surface area contributed by atoms with E-state index < -0.39 is 0 Å². The quantitative estimate of drug-likeness (QED) is 0.614. The van der Waals surface area contributed by atoms with Gasteiger partial charge in [0.05, 0.1) is 0 Å². The Kier molecular flexibility index (Phi) is 3.10. The molecule has 1 N–H and O–H groups in total. The average molecular weight is 267 g/mol. The maximum absolute atomic E-state index is 8.15. The third kappa shape index (κ3) is 2.23. The number of halogens is 1. The van der Waals surface area contributed by atoms with Crippen molar-refractivity contribution in [2.45, 2.75) is 19.8 Å². The second-order valence-corrected chi connectivity index (χ2v) is 4.92. The van der Waals surface area contributed by atoms with Crippen LogP contribution in [0, 0.1) is 12.3 Å². The molecule has 15 heavy (non-hydrogen) atoms. The second-order valence-electron chi connectivity index (χ2n) is 4.00. The molecule has 2 nitrogen and oxygen atoms in total. The van der Waals surface area contributed by atoms with E-state index >= 15 is 0 Å². The first-order chi connectivity index (χ1) is 7.18. The van der Waals surface area contributed by atoms with E-state index in [-0.39, 0.29) is 0 Å². The molecule has 0 spiro atoms. The summed E-state index contributed by atoms with van der Waals surface area (Å²) in [6.45, 7) is 4.13. The Morgan fingerprint density at radius 3 is 2.60 bits per heavy atom. The minimum absolute atomic E-state index is 0.678. The van der Waals surface area contributed by atoms with E-state index in [1.807, 2.05) is 12.1 Å². The zero-order valence-electron chi connectivity index (χ0n) is 8.89. The van der Waals surface area contributed by atoms with Crippen molar-refractivity contribution in [1.29, 1.82) is 5.41 Å². The molecule has 1 aromatic carbocycles. The van der Waals surface area contributed by atoms with Crippen LogP contribution in [0.4, 0.5) is 0 Å². The predicted molar refractivity (Wildman–Crippen MR) is 66.5 cm³/mol. The zero-order valence-corrected chi connectivity index (χ0v) is 10.5. The van der Waals surface area contributed by atoms with Gasteiger partial charge in [0.15, 0.2) is 0 Å². The predicted octanol–water partition coefficient (Wildman–Crippen LogP) is 3.18. The first kappa shape index (κ1) is 10.7. The van der Waals surface area contributed by atoms with Gasteiger partial charge in [0, 0.05) is 23.1 Å². The van der Waals surface area contributed by atoms with Crippen LogP contribution in [0.1, 0.15) is 24.0 Å². The van der Waals surface area contributed by atoms with Gasteiger partial charge in [-0.2, -0.15) is 0 Å². The average Bonchev–Trinajstić information content (AvgIpc) is 2.69. The maximum atomic E-state index is 8.15. The van der Waals surface area contributed by atoms with Crippen molar-refractivity contribution < 1.29 is 0 Å². The normalized spacial score (nSPS) is 15.7. The van der Waals surface area contributed by atoms with Crippen molar-refractivity contribution in [2.24, 2.45) is 0 Å². The molecule has 80 valence electrons. The summed E-state index contributed by atoms with van der Waals surface area (Å²) >= 11 is 3.44. The summed E-state index contributed by atoms with van der Waals surface area (Å²) in [6.07, 6.45) is 2.44. The zero-order chi connectivity index (χ0) is 10.8. The van der Waals surface area contributed by atoms with Crippen LogP contribution in [0.3, 0.4) is 0 Å². The fraction of sp³-hybridized carbons (Fsp3) is 0.417. The van der Waals surface area contributed by atoms with Crippen LogP contribution in [-0.4, -0.2) is 23.8 Å². The van der Waals surface area contributed by atoms with Crippen LogP contribution in [-0.2, 0) is 0 Å². The standard InChI is InChI=1S/C12H15BrN2/c1-9-8-10(13)4-5-11(9)12(14)15-6-2-3-7-15/h4-5,8,14H,2-3,6-7H2,1H3. The van der Waals surface area contributed by atoms with Crippen molar-refractivity contribution in [2.75, 3.05) is 13.1 Å². The molecule has 2 rings (SSSR count). The van der Waals surface area contributed by atoms with Gasteiger partial charge in [-0.25, -0.2) is 0 Å². The lowest BCUT2D eigenvalue weighted by atomic mass is 10.1. The first-order valence-corrected chi connectivity index (χ1v) is 6.08. The van der Waals surface area contributed by atoms with Gasteiger partial charge in [-0.05, 0) is 43.5 Å².